The molecule has 0 aliphatic heterocycles. The monoisotopic (exact) mass is 404 g/mol. The van der Waals surface area contributed by atoms with Crippen LogP contribution in [-0.4, -0.2) is 17.6 Å². The number of hydrogen-bond donors (Lipinski definition) is 2. The number of unbranched alkanes of at least 4 members (excludes halogenated alkanes) is 4. The summed E-state index contributed by atoms with van der Waals surface area (Å²) in [4.78, 5) is 12.1. The van der Waals surface area contributed by atoms with Gasteiger partial charge in [-0.1, -0.05) is 50.3 Å². The SMILES string of the molecule is CCCCCCCOc1ccc(NC(=S)NC(=O)c2cccc(Cl)c2)cc1. The molecule has 2 aromatic carbocycles. The number of carbonyl (C=O) groups is 1. The van der Waals surface area contributed by atoms with Crippen molar-refractivity contribution in [2.75, 3.05) is 11.9 Å². The highest BCUT2D eigenvalue weighted by atomic mass is 35.5. The van der Waals surface area contributed by atoms with E-state index in [-0.39, 0.29) is 11.0 Å². The zero-order valence-corrected chi connectivity index (χ0v) is 17.0. The molecule has 0 aliphatic rings. The highest BCUT2D eigenvalue weighted by Crippen LogP contribution is 2.16. The van der Waals surface area contributed by atoms with Gasteiger partial charge in [0.1, 0.15) is 5.75 Å². The summed E-state index contributed by atoms with van der Waals surface area (Å²) in [5, 5.41) is 6.35. The van der Waals surface area contributed by atoms with Crippen molar-refractivity contribution in [2.24, 2.45) is 0 Å². The molecule has 144 valence electrons. The van der Waals surface area contributed by atoms with E-state index in [9.17, 15) is 4.79 Å². The van der Waals surface area contributed by atoms with Gasteiger partial charge in [-0.05, 0) is 61.1 Å². The molecule has 0 unspecified atom stereocenters. The van der Waals surface area contributed by atoms with Crippen molar-refractivity contribution in [3.63, 3.8) is 0 Å². The summed E-state index contributed by atoms with van der Waals surface area (Å²) in [6, 6.07) is 14.2. The Hall–Kier alpha value is -2.11. The first-order chi connectivity index (χ1) is 13.1. The first kappa shape index (κ1) is 21.2. The molecule has 0 heterocycles. The van der Waals surface area contributed by atoms with Crippen LogP contribution in [0, 0.1) is 0 Å². The van der Waals surface area contributed by atoms with E-state index in [2.05, 4.69) is 17.6 Å². The molecule has 2 N–H and O–H groups in total. The van der Waals surface area contributed by atoms with E-state index in [4.69, 9.17) is 28.6 Å². The normalized spacial score (nSPS) is 10.3. The van der Waals surface area contributed by atoms with E-state index >= 15 is 0 Å². The van der Waals surface area contributed by atoms with E-state index in [1.165, 1.54) is 25.7 Å². The van der Waals surface area contributed by atoms with Crippen molar-refractivity contribution < 1.29 is 9.53 Å². The molecule has 0 saturated carbocycles. The molecule has 4 nitrogen and oxygen atoms in total. The van der Waals surface area contributed by atoms with Crippen LogP contribution in [0.4, 0.5) is 5.69 Å². The highest BCUT2D eigenvalue weighted by molar-refractivity contribution is 7.80. The minimum Gasteiger partial charge on any atom is -0.494 e. The second-order valence-corrected chi connectivity index (χ2v) is 7.05. The Morgan fingerprint density at radius 2 is 1.81 bits per heavy atom. The number of amides is 1. The Bertz CT molecular complexity index is 750. The van der Waals surface area contributed by atoms with E-state index in [1.54, 1.807) is 24.3 Å². The second-order valence-electron chi connectivity index (χ2n) is 6.21. The molecule has 0 radical (unpaired) electrons. The summed E-state index contributed by atoms with van der Waals surface area (Å²) < 4.78 is 5.74. The van der Waals surface area contributed by atoms with Crippen LogP contribution < -0.4 is 15.4 Å². The third kappa shape index (κ3) is 7.97. The largest absolute Gasteiger partial charge is 0.494 e. The average molecular weight is 405 g/mol. The summed E-state index contributed by atoms with van der Waals surface area (Å²) >= 11 is 11.1. The third-order valence-electron chi connectivity index (χ3n) is 3.94. The van der Waals surface area contributed by atoms with Crippen molar-refractivity contribution in [1.29, 1.82) is 0 Å². The van der Waals surface area contributed by atoms with Crippen molar-refractivity contribution in [3.05, 3.63) is 59.1 Å². The predicted molar refractivity (Wildman–Crippen MR) is 116 cm³/mol. The second kappa shape index (κ2) is 11.6. The summed E-state index contributed by atoms with van der Waals surface area (Å²) in [5.41, 5.74) is 1.23. The van der Waals surface area contributed by atoms with Crippen LogP contribution in [0.15, 0.2) is 48.5 Å². The summed E-state index contributed by atoms with van der Waals surface area (Å²) in [5.74, 6) is 0.517. The number of benzene rings is 2. The number of rotatable bonds is 9. The Labute approximate surface area is 171 Å². The van der Waals surface area contributed by atoms with Crippen LogP contribution in [0.5, 0.6) is 5.75 Å². The zero-order valence-electron chi connectivity index (χ0n) is 15.5. The number of thiocarbonyl (C=S) groups is 1. The quantitative estimate of drug-likeness (QED) is 0.408. The van der Waals surface area contributed by atoms with E-state index < -0.39 is 0 Å². The number of nitrogens with one attached hydrogen (secondary N) is 2. The molecule has 0 atom stereocenters. The summed E-state index contributed by atoms with van der Waals surface area (Å²) in [6.07, 6.45) is 6.07. The minimum atomic E-state index is -0.307. The van der Waals surface area contributed by atoms with Gasteiger partial charge in [-0.2, -0.15) is 0 Å². The van der Waals surface area contributed by atoms with Crippen LogP contribution in [-0.2, 0) is 0 Å². The van der Waals surface area contributed by atoms with Crippen molar-refractivity contribution in [1.82, 2.24) is 5.32 Å². The number of hydrogen-bond acceptors (Lipinski definition) is 3. The van der Waals surface area contributed by atoms with Crippen molar-refractivity contribution >= 4 is 40.5 Å². The van der Waals surface area contributed by atoms with Crippen LogP contribution in [0.1, 0.15) is 49.4 Å². The number of anilines is 1. The van der Waals surface area contributed by atoms with Crippen LogP contribution in [0.3, 0.4) is 0 Å². The highest BCUT2D eigenvalue weighted by Gasteiger charge is 2.08. The lowest BCUT2D eigenvalue weighted by Gasteiger charge is -2.11. The third-order valence-corrected chi connectivity index (χ3v) is 4.38. The first-order valence-electron chi connectivity index (χ1n) is 9.19. The molecule has 0 bridgehead atoms. The van der Waals surface area contributed by atoms with Gasteiger partial charge in [0.15, 0.2) is 5.11 Å². The molecule has 1 amide bonds. The van der Waals surface area contributed by atoms with Gasteiger partial charge in [0.2, 0.25) is 0 Å². The first-order valence-corrected chi connectivity index (χ1v) is 9.98. The van der Waals surface area contributed by atoms with Crippen LogP contribution >= 0.6 is 23.8 Å². The van der Waals surface area contributed by atoms with Gasteiger partial charge >= 0.3 is 0 Å². The Kier molecular flexibility index (Phi) is 9.08. The maximum Gasteiger partial charge on any atom is 0.257 e. The van der Waals surface area contributed by atoms with Crippen molar-refractivity contribution in [2.45, 2.75) is 39.0 Å². The molecule has 6 heteroatoms. The molecule has 0 aliphatic carbocycles. The number of halogens is 1. The van der Waals surface area contributed by atoms with Gasteiger partial charge in [-0.25, -0.2) is 0 Å². The predicted octanol–water partition coefficient (Wildman–Crippen LogP) is 5.82. The zero-order chi connectivity index (χ0) is 19.5. The lowest BCUT2D eigenvalue weighted by atomic mass is 10.2. The number of carbonyl (C=O) groups excluding carboxylic acids is 1. The molecule has 0 saturated heterocycles. The Morgan fingerprint density at radius 1 is 1.07 bits per heavy atom. The summed E-state index contributed by atoms with van der Waals surface area (Å²) in [7, 11) is 0. The van der Waals surface area contributed by atoms with Crippen LogP contribution in [0.25, 0.3) is 0 Å². The number of ether oxygens (including phenoxy) is 1. The standard InChI is InChI=1S/C21H25ClN2O2S/c1-2-3-4-5-6-14-26-19-12-10-18(11-13-19)23-21(27)24-20(25)16-8-7-9-17(22)15-16/h7-13,15H,2-6,14H2,1H3,(H2,23,24,25,27). The molecule has 0 fully saturated rings. The minimum absolute atomic E-state index is 0.226. The fourth-order valence-corrected chi connectivity index (χ4v) is 2.90. The van der Waals surface area contributed by atoms with E-state index in [1.807, 2.05) is 24.3 Å². The Balaban J connectivity index is 1.75. The topological polar surface area (TPSA) is 50.4 Å². The van der Waals surface area contributed by atoms with E-state index in [0.29, 0.717) is 10.6 Å². The van der Waals surface area contributed by atoms with Crippen LogP contribution in [0.2, 0.25) is 5.02 Å². The van der Waals surface area contributed by atoms with Gasteiger partial charge in [-0.3, -0.25) is 10.1 Å². The lowest BCUT2D eigenvalue weighted by molar-refractivity contribution is 0.0977. The molecule has 2 rings (SSSR count). The maximum atomic E-state index is 12.1. The average Bonchev–Trinajstić information content (AvgIpc) is 2.66. The smallest absolute Gasteiger partial charge is 0.257 e. The Morgan fingerprint density at radius 3 is 2.52 bits per heavy atom. The fraction of sp³-hybridized carbons (Fsp3) is 0.333. The molecule has 27 heavy (non-hydrogen) atoms. The summed E-state index contributed by atoms with van der Waals surface area (Å²) in [6.45, 7) is 2.94. The van der Waals surface area contributed by atoms with E-state index in [0.717, 1.165) is 24.5 Å². The van der Waals surface area contributed by atoms with Gasteiger partial charge in [0.05, 0.1) is 6.61 Å². The fourth-order valence-electron chi connectivity index (χ4n) is 2.50. The molecule has 2 aromatic rings. The van der Waals surface area contributed by atoms with Crippen molar-refractivity contribution in [3.8, 4) is 5.75 Å². The lowest BCUT2D eigenvalue weighted by Crippen LogP contribution is -2.34. The molecule has 0 aromatic heterocycles. The van der Waals surface area contributed by atoms with Gasteiger partial charge in [-0.15, -0.1) is 0 Å². The molecule has 0 spiro atoms. The van der Waals surface area contributed by atoms with Gasteiger partial charge in [0, 0.05) is 16.3 Å². The molecular weight excluding hydrogens is 380 g/mol. The molecular formula is C21H25ClN2O2S. The maximum absolute atomic E-state index is 12.1. The van der Waals surface area contributed by atoms with Gasteiger partial charge < -0.3 is 10.1 Å². The van der Waals surface area contributed by atoms with Gasteiger partial charge in [0.25, 0.3) is 5.91 Å².